The highest BCUT2D eigenvalue weighted by Crippen LogP contribution is 2.21. The van der Waals surface area contributed by atoms with Gasteiger partial charge in [-0.25, -0.2) is 0 Å². The van der Waals surface area contributed by atoms with E-state index in [9.17, 15) is 0 Å². The minimum absolute atomic E-state index is 0.847. The third-order valence-corrected chi connectivity index (χ3v) is 4.06. The second kappa shape index (κ2) is 11.5. The fourth-order valence-corrected chi connectivity index (χ4v) is 2.81. The van der Waals surface area contributed by atoms with E-state index in [0.29, 0.717) is 0 Å². The number of likely N-dealkylation sites (tertiary alicyclic amines) is 1. The van der Waals surface area contributed by atoms with Gasteiger partial charge in [-0.05, 0) is 58.7 Å². The Morgan fingerprint density at radius 2 is 2.11 bits per heavy atom. The SMILES string of the molecule is C/C=C(/C)CC(CC)CN1CCC(CNC)C1.CC. The highest BCUT2D eigenvalue weighted by atomic mass is 15.1. The van der Waals surface area contributed by atoms with Gasteiger partial charge in [-0.2, -0.15) is 0 Å². The highest BCUT2D eigenvalue weighted by molar-refractivity contribution is 4.97. The molecule has 19 heavy (non-hydrogen) atoms. The predicted octanol–water partition coefficient (Wildman–Crippen LogP) is 3.94. The number of rotatable bonds is 7. The van der Waals surface area contributed by atoms with Crippen molar-refractivity contribution in [3.63, 3.8) is 0 Å². The minimum atomic E-state index is 0.847. The van der Waals surface area contributed by atoms with Gasteiger partial charge in [-0.15, -0.1) is 0 Å². The number of allylic oxidation sites excluding steroid dienone is 2. The molecule has 114 valence electrons. The smallest absolute Gasteiger partial charge is 0.00224 e. The average molecular weight is 268 g/mol. The second-order valence-electron chi connectivity index (χ2n) is 5.59. The predicted molar refractivity (Wildman–Crippen MR) is 87.7 cm³/mol. The van der Waals surface area contributed by atoms with E-state index in [0.717, 1.165) is 11.8 Å². The monoisotopic (exact) mass is 268 g/mol. The van der Waals surface area contributed by atoms with Crippen LogP contribution in [0.1, 0.15) is 53.9 Å². The van der Waals surface area contributed by atoms with Crippen LogP contribution in [0.4, 0.5) is 0 Å². The Labute approximate surface area is 121 Å². The van der Waals surface area contributed by atoms with E-state index in [1.165, 1.54) is 45.4 Å². The summed E-state index contributed by atoms with van der Waals surface area (Å²) in [5.41, 5.74) is 1.54. The first-order valence-corrected chi connectivity index (χ1v) is 8.18. The maximum Gasteiger partial charge on any atom is 0.00224 e. The molecule has 0 bridgehead atoms. The van der Waals surface area contributed by atoms with Crippen LogP contribution in [0.15, 0.2) is 11.6 Å². The summed E-state index contributed by atoms with van der Waals surface area (Å²) in [4.78, 5) is 2.67. The second-order valence-corrected chi connectivity index (χ2v) is 5.59. The molecule has 2 unspecified atom stereocenters. The molecule has 1 heterocycles. The van der Waals surface area contributed by atoms with Crippen LogP contribution < -0.4 is 5.32 Å². The standard InChI is InChI=1S/C15H30N2.C2H6/c1-5-13(3)9-14(6-2)11-17-8-7-15(12-17)10-16-4;1-2/h5,14-16H,6-12H2,1-4H3;1-2H3/b13-5-;. The zero-order valence-electron chi connectivity index (χ0n) is 14.1. The zero-order valence-corrected chi connectivity index (χ0v) is 14.1. The van der Waals surface area contributed by atoms with Gasteiger partial charge in [0.1, 0.15) is 0 Å². The lowest BCUT2D eigenvalue weighted by atomic mass is 9.97. The van der Waals surface area contributed by atoms with Crippen LogP contribution in [0.3, 0.4) is 0 Å². The molecule has 0 spiro atoms. The van der Waals surface area contributed by atoms with Crippen LogP contribution in [0.2, 0.25) is 0 Å². The topological polar surface area (TPSA) is 15.3 Å². The summed E-state index contributed by atoms with van der Waals surface area (Å²) in [5.74, 6) is 1.72. The molecule has 2 atom stereocenters. The van der Waals surface area contributed by atoms with Gasteiger partial charge in [0, 0.05) is 13.1 Å². The van der Waals surface area contributed by atoms with Crippen molar-refractivity contribution in [2.24, 2.45) is 11.8 Å². The molecule has 2 nitrogen and oxygen atoms in total. The third kappa shape index (κ3) is 7.74. The first-order chi connectivity index (χ1) is 9.19. The van der Waals surface area contributed by atoms with E-state index in [1.807, 2.05) is 13.8 Å². The van der Waals surface area contributed by atoms with Crippen LogP contribution in [0.5, 0.6) is 0 Å². The van der Waals surface area contributed by atoms with Crippen LogP contribution in [0.25, 0.3) is 0 Å². The van der Waals surface area contributed by atoms with Crippen LogP contribution in [-0.4, -0.2) is 38.1 Å². The molecule has 0 amide bonds. The highest BCUT2D eigenvalue weighted by Gasteiger charge is 2.23. The number of hydrogen-bond donors (Lipinski definition) is 1. The quantitative estimate of drug-likeness (QED) is 0.704. The lowest BCUT2D eigenvalue weighted by Crippen LogP contribution is -2.29. The van der Waals surface area contributed by atoms with Crippen molar-refractivity contribution in [3.8, 4) is 0 Å². The van der Waals surface area contributed by atoms with Crippen molar-refractivity contribution >= 4 is 0 Å². The molecule has 0 aromatic rings. The van der Waals surface area contributed by atoms with Crippen molar-refractivity contribution < 1.29 is 0 Å². The van der Waals surface area contributed by atoms with Gasteiger partial charge >= 0.3 is 0 Å². The first kappa shape index (κ1) is 18.7. The summed E-state index contributed by atoms with van der Waals surface area (Å²) in [6, 6.07) is 0. The molecule has 1 N–H and O–H groups in total. The molecular formula is C17H36N2. The summed E-state index contributed by atoms with van der Waals surface area (Å²) >= 11 is 0. The van der Waals surface area contributed by atoms with E-state index in [-0.39, 0.29) is 0 Å². The molecular weight excluding hydrogens is 232 g/mol. The van der Waals surface area contributed by atoms with Crippen molar-refractivity contribution in [2.75, 3.05) is 33.2 Å². The van der Waals surface area contributed by atoms with Crippen molar-refractivity contribution in [1.29, 1.82) is 0 Å². The Bertz CT molecular complexity index is 235. The Balaban J connectivity index is 0.00000154. The summed E-state index contributed by atoms with van der Waals surface area (Å²) in [6.45, 7) is 15.8. The van der Waals surface area contributed by atoms with Gasteiger partial charge < -0.3 is 10.2 Å². The molecule has 0 aromatic heterocycles. The summed E-state index contributed by atoms with van der Waals surface area (Å²) in [5, 5.41) is 3.30. The minimum Gasteiger partial charge on any atom is -0.319 e. The molecule has 1 aliphatic rings. The average Bonchev–Trinajstić information content (AvgIpc) is 2.88. The van der Waals surface area contributed by atoms with E-state index in [1.54, 1.807) is 5.57 Å². The third-order valence-electron chi connectivity index (χ3n) is 4.06. The Morgan fingerprint density at radius 3 is 2.63 bits per heavy atom. The van der Waals surface area contributed by atoms with Gasteiger partial charge in [0.15, 0.2) is 0 Å². The molecule has 1 saturated heterocycles. The molecule has 1 fully saturated rings. The van der Waals surface area contributed by atoms with Crippen LogP contribution in [-0.2, 0) is 0 Å². The molecule has 2 heteroatoms. The Kier molecular flexibility index (Phi) is 11.3. The number of hydrogen-bond acceptors (Lipinski definition) is 2. The summed E-state index contributed by atoms with van der Waals surface area (Å²) < 4.78 is 0. The van der Waals surface area contributed by atoms with Gasteiger partial charge in [0.2, 0.25) is 0 Å². The Hall–Kier alpha value is -0.340. The van der Waals surface area contributed by atoms with E-state index >= 15 is 0 Å². The fraction of sp³-hybridized carbons (Fsp3) is 0.882. The number of nitrogens with zero attached hydrogens (tertiary/aromatic N) is 1. The van der Waals surface area contributed by atoms with Gasteiger partial charge in [-0.1, -0.05) is 38.8 Å². The summed E-state index contributed by atoms with van der Waals surface area (Å²) in [7, 11) is 2.06. The van der Waals surface area contributed by atoms with Crippen molar-refractivity contribution in [2.45, 2.75) is 53.9 Å². The van der Waals surface area contributed by atoms with Crippen LogP contribution in [0, 0.1) is 11.8 Å². The van der Waals surface area contributed by atoms with Gasteiger partial charge in [-0.3, -0.25) is 0 Å². The fourth-order valence-electron chi connectivity index (χ4n) is 2.81. The van der Waals surface area contributed by atoms with E-state index < -0.39 is 0 Å². The maximum absolute atomic E-state index is 3.30. The van der Waals surface area contributed by atoms with Gasteiger partial charge in [0.25, 0.3) is 0 Å². The van der Waals surface area contributed by atoms with E-state index in [4.69, 9.17) is 0 Å². The van der Waals surface area contributed by atoms with Gasteiger partial charge in [0.05, 0.1) is 0 Å². The first-order valence-electron chi connectivity index (χ1n) is 8.18. The summed E-state index contributed by atoms with van der Waals surface area (Å²) in [6.07, 6.45) is 6.22. The zero-order chi connectivity index (χ0) is 14.7. The molecule has 0 saturated carbocycles. The Morgan fingerprint density at radius 1 is 1.42 bits per heavy atom. The molecule has 0 aromatic carbocycles. The van der Waals surface area contributed by atoms with Crippen molar-refractivity contribution in [3.05, 3.63) is 11.6 Å². The largest absolute Gasteiger partial charge is 0.319 e. The normalized spacial score (nSPS) is 22.0. The maximum atomic E-state index is 3.30. The molecule has 1 aliphatic heterocycles. The lowest BCUT2D eigenvalue weighted by molar-refractivity contribution is 0.262. The van der Waals surface area contributed by atoms with E-state index in [2.05, 4.69) is 44.1 Å². The molecule has 0 aliphatic carbocycles. The van der Waals surface area contributed by atoms with Crippen LogP contribution >= 0.6 is 0 Å². The van der Waals surface area contributed by atoms with Crippen molar-refractivity contribution in [1.82, 2.24) is 10.2 Å². The lowest BCUT2D eigenvalue weighted by Gasteiger charge is -2.23. The molecule has 0 radical (unpaired) electrons. The molecule has 1 rings (SSSR count). The number of nitrogens with one attached hydrogen (secondary N) is 1.